The Morgan fingerprint density at radius 2 is 1.69 bits per heavy atom. The molecule has 1 saturated heterocycles. The predicted octanol–water partition coefficient (Wildman–Crippen LogP) is 5.38. The zero-order chi connectivity index (χ0) is 26.7. The van der Waals surface area contributed by atoms with Gasteiger partial charge in [-0.3, -0.25) is 9.59 Å². The second-order valence-corrected chi connectivity index (χ2v) is 8.81. The first-order chi connectivity index (χ1) is 16.8. The Morgan fingerprint density at radius 1 is 1.06 bits per heavy atom. The maximum Gasteiger partial charge on any atom is 0.416 e. The summed E-state index contributed by atoms with van der Waals surface area (Å²) in [6.07, 6.45) is -7.46. The van der Waals surface area contributed by atoms with Gasteiger partial charge in [0.25, 0.3) is 5.91 Å². The van der Waals surface area contributed by atoms with E-state index in [9.17, 15) is 35.9 Å². The summed E-state index contributed by atoms with van der Waals surface area (Å²) in [5.74, 6) is -1.20. The number of nitrogens with zero attached hydrogens (tertiary/aromatic N) is 2. The van der Waals surface area contributed by atoms with Crippen LogP contribution in [0.4, 0.5) is 26.3 Å². The molecular formula is C24H26F6N2O4. The van der Waals surface area contributed by atoms with Crippen LogP contribution >= 0.6 is 0 Å². The maximum absolute atomic E-state index is 13.3. The Kier molecular flexibility index (Phi) is 8.37. The highest BCUT2D eigenvalue weighted by Crippen LogP contribution is 2.36. The molecule has 1 aromatic carbocycles. The van der Waals surface area contributed by atoms with E-state index in [1.54, 1.807) is 12.1 Å². The molecule has 1 unspecified atom stereocenters. The third kappa shape index (κ3) is 7.02. The summed E-state index contributed by atoms with van der Waals surface area (Å²) in [5, 5.41) is 0. The highest BCUT2D eigenvalue weighted by molar-refractivity contribution is 5.97. The third-order valence-corrected chi connectivity index (χ3v) is 5.75. The van der Waals surface area contributed by atoms with E-state index >= 15 is 0 Å². The minimum Gasteiger partial charge on any atom is -0.467 e. The van der Waals surface area contributed by atoms with Gasteiger partial charge in [-0.15, -0.1) is 0 Å². The number of benzene rings is 1. The van der Waals surface area contributed by atoms with Crippen molar-refractivity contribution in [2.24, 2.45) is 0 Å². The summed E-state index contributed by atoms with van der Waals surface area (Å²) in [4.78, 5) is 28.7. The molecule has 1 aliphatic heterocycles. The molecule has 0 radical (unpaired) electrons. The van der Waals surface area contributed by atoms with E-state index in [0.29, 0.717) is 24.5 Å². The summed E-state index contributed by atoms with van der Waals surface area (Å²) in [6.45, 7) is 3.28. The summed E-state index contributed by atoms with van der Waals surface area (Å²) in [7, 11) is 0. The van der Waals surface area contributed by atoms with E-state index in [2.05, 4.69) is 0 Å². The van der Waals surface area contributed by atoms with Crippen molar-refractivity contribution in [3.05, 3.63) is 59.0 Å². The molecule has 0 bridgehead atoms. The van der Waals surface area contributed by atoms with Gasteiger partial charge < -0.3 is 19.0 Å². The van der Waals surface area contributed by atoms with Gasteiger partial charge in [0.15, 0.2) is 0 Å². The van der Waals surface area contributed by atoms with E-state index < -0.39 is 53.4 Å². The van der Waals surface area contributed by atoms with E-state index in [-0.39, 0.29) is 25.3 Å². The van der Waals surface area contributed by atoms with Crippen molar-refractivity contribution in [1.82, 2.24) is 9.80 Å². The predicted molar refractivity (Wildman–Crippen MR) is 116 cm³/mol. The Bertz CT molecular complexity index is 1010. The summed E-state index contributed by atoms with van der Waals surface area (Å²) < 4.78 is 90.6. The zero-order valence-electron chi connectivity index (χ0n) is 19.7. The molecule has 2 amide bonds. The lowest BCUT2D eigenvalue weighted by molar-refractivity contribution is -0.143. The molecule has 36 heavy (non-hydrogen) atoms. The fraction of sp³-hybridized carbons (Fsp3) is 0.500. The van der Waals surface area contributed by atoms with Gasteiger partial charge in [0.05, 0.1) is 30.0 Å². The number of rotatable bonds is 8. The quantitative estimate of drug-likeness (QED) is 0.439. The lowest BCUT2D eigenvalue weighted by Crippen LogP contribution is -2.47. The molecule has 1 aromatic heterocycles. The molecular weight excluding hydrogens is 494 g/mol. The van der Waals surface area contributed by atoms with Gasteiger partial charge in [-0.2, -0.15) is 26.3 Å². The number of halogens is 6. The molecule has 0 saturated carbocycles. The van der Waals surface area contributed by atoms with Crippen molar-refractivity contribution >= 4 is 11.8 Å². The van der Waals surface area contributed by atoms with Crippen molar-refractivity contribution in [1.29, 1.82) is 0 Å². The van der Waals surface area contributed by atoms with Crippen molar-refractivity contribution in [3.8, 4) is 0 Å². The number of amides is 2. The monoisotopic (exact) mass is 520 g/mol. The summed E-state index contributed by atoms with van der Waals surface area (Å²) in [6, 6.07) is 3.28. The summed E-state index contributed by atoms with van der Waals surface area (Å²) in [5.41, 5.74) is -4.02. The largest absolute Gasteiger partial charge is 0.467 e. The molecule has 3 rings (SSSR count). The van der Waals surface area contributed by atoms with Gasteiger partial charge in [-0.25, -0.2) is 0 Å². The van der Waals surface area contributed by atoms with Crippen molar-refractivity contribution < 1.29 is 45.1 Å². The number of hydrogen-bond donors (Lipinski definition) is 0. The van der Waals surface area contributed by atoms with Crippen LogP contribution in [0.25, 0.3) is 0 Å². The van der Waals surface area contributed by atoms with Gasteiger partial charge in [-0.05, 0) is 57.0 Å². The topological polar surface area (TPSA) is 63.0 Å². The maximum atomic E-state index is 13.3. The molecule has 0 aliphatic carbocycles. The van der Waals surface area contributed by atoms with E-state index in [4.69, 9.17) is 9.15 Å². The SMILES string of the molecule is CC(C)N(CC(=O)N(Cc1ccco1)CC1CCCO1)C(=O)c1cc(C(F)(F)F)cc(C(F)(F)F)c1. The molecule has 6 nitrogen and oxygen atoms in total. The fourth-order valence-electron chi connectivity index (χ4n) is 3.86. The van der Waals surface area contributed by atoms with Crippen LogP contribution in [0.15, 0.2) is 41.0 Å². The first kappa shape index (κ1) is 27.6. The average Bonchev–Trinajstić information content (AvgIpc) is 3.49. The number of furan rings is 1. The number of carbonyl (C=O) groups is 2. The standard InChI is InChI=1S/C24H26F6N2O4/c1-15(2)32(22(34)16-9-17(23(25,26)27)11-18(10-16)24(28,29)30)14-21(33)31(12-19-5-3-7-35-19)13-20-6-4-8-36-20/h3,5,7,9-11,15,20H,4,6,8,12-14H2,1-2H3. The Balaban J connectivity index is 1.88. The van der Waals surface area contributed by atoms with Gasteiger partial charge in [0, 0.05) is 24.8 Å². The molecule has 1 fully saturated rings. The van der Waals surface area contributed by atoms with Crippen LogP contribution < -0.4 is 0 Å². The van der Waals surface area contributed by atoms with Gasteiger partial charge in [0.1, 0.15) is 12.3 Å². The van der Waals surface area contributed by atoms with E-state index in [1.165, 1.54) is 25.0 Å². The number of carbonyl (C=O) groups excluding carboxylic acids is 2. The van der Waals surface area contributed by atoms with Crippen molar-refractivity contribution in [3.63, 3.8) is 0 Å². The van der Waals surface area contributed by atoms with E-state index in [1.807, 2.05) is 0 Å². The summed E-state index contributed by atoms with van der Waals surface area (Å²) >= 11 is 0. The van der Waals surface area contributed by atoms with Crippen LogP contribution in [-0.2, 0) is 28.4 Å². The van der Waals surface area contributed by atoms with Crippen LogP contribution in [0.1, 0.15) is 53.9 Å². The normalized spacial score (nSPS) is 16.4. The van der Waals surface area contributed by atoms with Crippen LogP contribution in [0, 0.1) is 0 Å². The van der Waals surface area contributed by atoms with Crippen molar-refractivity contribution in [2.45, 2.75) is 57.7 Å². The van der Waals surface area contributed by atoms with E-state index in [0.717, 1.165) is 17.7 Å². The number of alkyl halides is 6. The molecule has 2 aromatic rings. The Labute approximate surface area is 203 Å². The second kappa shape index (κ2) is 10.9. The van der Waals surface area contributed by atoms with Gasteiger partial charge in [-0.1, -0.05) is 0 Å². The smallest absolute Gasteiger partial charge is 0.416 e. The molecule has 2 heterocycles. The molecule has 1 atom stereocenters. The second-order valence-electron chi connectivity index (χ2n) is 8.81. The van der Waals surface area contributed by atoms with Crippen LogP contribution in [0.3, 0.4) is 0 Å². The third-order valence-electron chi connectivity index (χ3n) is 5.75. The lowest BCUT2D eigenvalue weighted by atomic mass is 10.0. The Morgan fingerprint density at radius 3 is 2.17 bits per heavy atom. The molecule has 12 heteroatoms. The fourth-order valence-corrected chi connectivity index (χ4v) is 3.86. The van der Waals surface area contributed by atoms with Crippen LogP contribution in [0.2, 0.25) is 0 Å². The molecule has 198 valence electrons. The van der Waals surface area contributed by atoms with Crippen molar-refractivity contribution in [2.75, 3.05) is 19.7 Å². The van der Waals surface area contributed by atoms with Gasteiger partial charge >= 0.3 is 12.4 Å². The number of ether oxygens (including phenoxy) is 1. The highest BCUT2D eigenvalue weighted by atomic mass is 19.4. The first-order valence-electron chi connectivity index (χ1n) is 11.3. The molecule has 0 spiro atoms. The van der Waals surface area contributed by atoms with Gasteiger partial charge in [0.2, 0.25) is 5.91 Å². The van der Waals surface area contributed by atoms with Crippen LogP contribution in [-0.4, -0.2) is 53.5 Å². The minimum absolute atomic E-state index is 0.0473. The average molecular weight is 520 g/mol. The Hall–Kier alpha value is -3.02. The first-order valence-corrected chi connectivity index (χ1v) is 11.3. The van der Waals surface area contributed by atoms with Crippen LogP contribution in [0.5, 0.6) is 0 Å². The number of hydrogen-bond acceptors (Lipinski definition) is 4. The zero-order valence-corrected chi connectivity index (χ0v) is 19.7. The lowest BCUT2D eigenvalue weighted by Gasteiger charge is -2.31. The highest BCUT2D eigenvalue weighted by Gasteiger charge is 2.38. The molecule has 0 N–H and O–H groups in total. The minimum atomic E-state index is -5.10. The molecule has 1 aliphatic rings.